The number of aromatic nitrogens is 6. The van der Waals surface area contributed by atoms with Crippen molar-refractivity contribution >= 4 is 17.6 Å². The SMILES string of the molecule is COCCOCCOc1cc(Nc2cc(C)[nH]n2)nc(N2CCCC2c2cc(-c3ccccn3)no2)n1. The Labute approximate surface area is 214 Å². The lowest BCUT2D eigenvalue weighted by Gasteiger charge is -2.23. The first-order valence-corrected chi connectivity index (χ1v) is 12.2. The number of nitrogens with zero attached hydrogens (tertiary/aromatic N) is 6. The number of hydrogen-bond acceptors (Lipinski definition) is 11. The van der Waals surface area contributed by atoms with Gasteiger partial charge in [0, 0.05) is 43.7 Å². The molecule has 12 nitrogen and oxygen atoms in total. The van der Waals surface area contributed by atoms with Gasteiger partial charge in [-0.15, -0.1) is 0 Å². The van der Waals surface area contributed by atoms with Crippen molar-refractivity contribution in [2.24, 2.45) is 0 Å². The minimum Gasteiger partial charge on any atom is -0.475 e. The van der Waals surface area contributed by atoms with Crippen LogP contribution in [0.2, 0.25) is 0 Å². The Morgan fingerprint density at radius 1 is 1.08 bits per heavy atom. The topological polar surface area (TPSA) is 136 Å². The van der Waals surface area contributed by atoms with Gasteiger partial charge in [-0.05, 0) is 31.9 Å². The molecular formula is C25H30N8O4. The maximum absolute atomic E-state index is 5.92. The van der Waals surface area contributed by atoms with E-state index >= 15 is 0 Å². The van der Waals surface area contributed by atoms with Crippen LogP contribution in [-0.4, -0.2) is 70.4 Å². The molecule has 1 aliphatic rings. The molecule has 2 N–H and O–H groups in total. The van der Waals surface area contributed by atoms with E-state index in [0.29, 0.717) is 55.6 Å². The molecule has 12 heteroatoms. The van der Waals surface area contributed by atoms with E-state index in [1.54, 1.807) is 19.4 Å². The molecule has 1 atom stereocenters. The highest BCUT2D eigenvalue weighted by atomic mass is 16.5. The zero-order chi connectivity index (χ0) is 25.5. The fourth-order valence-electron chi connectivity index (χ4n) is 4.13. The molecule has 5 heterocycles. The van der Waals surface area contributed by atoms with Gasteiger partial charge in [0.05, 0.1) is 31.6 Å². The molecule has 0 amide bonds. The van der Waals surface area contributed by atoms with Crippen LogP contribution >= 0.6 is 0 Å². The molecule has 4 aromatic rings. The molecule has 194 valence electrons. The van der Waals surface area contributed by atoms with Crippen LogP contribution in [0.5, 0.6) is 5.88 Å². The maximum Gasteiger partial charge on any atom is 0.231 e. The summed E-state index contributed by atoms with van der Waals surface area (Å²) in [7, 11) is 1.64. The summed E-state index contributed by atoms with van der Waals surface area (Å²) in [6.45, 7) is 4.52. The number of rotatable bonds is 12. The van der Waals surface area contributed by atoms with Crippen molar-refractivity contribution in [3.63, 3.8) is 0 Å². The number of pyridine rings is 1. The standard InChI is InChI=1S/C25H30N8O4/c1-17-14-23(31-30-17)27-22-16-24(36-13-12-35-11-10-34-2)29-25(28-22)33-9-5-7-20(33)21-15-19(32-37-21)18-6-3-4-8-26-18/h3-4,6,8,14-16,20H,5,7,9-13H2,1-2H3,(H2,27,28,29,30,31). The second-order valence-electron chi connectivity index (χ2n) is 8.59. The average Bonchev–Trinajstić information content (AvgIpc) is 3.67. The quantitative estimate of drug-likeness (QED) is 0.272. The summed E-state index contributed by atoms with van der Waals surface area (Å²) in [6, 6.07) is 11.2. The van der Waals surface area contributed by atoms with E-state index in [0.717, 1.165) is 36.5 Å². The van der Waals surface area contributed by atoms with Crippen molar-refractivity contribution in [3.05, 3.63) is 54.0 Å². The second-order valence-corrected chi connectivity index (χ2v) is 8.59. The molecule has 1 saturated heterocycles. The first-order chi connectivity index (χ1) is 18.2. The number of ether oxygens (including phenoxy) is 3. The van der Waals surface area contributed by atoms with E-state index in [1.165, 1.54) is 0 Å². The Balaban J connectivity index is 1.36. The molecule has 0 bridgehead atoms. The molecule has 1 aliphatic heterocycles. The number of nitrogens with one attached hydrogen (secondary N) is 2. The molecule has 1 unspecified atom stereocenters. The van der Waals surface area contributed by atoms with E-state index in [9.17, 15) is 0 Å². The minimum atomic E-state index is -0.0573. The Bertz CT molecular complexity index is 1280. The number of aryl methyl sites for hydroxylation is 1. The van der Waals surface area contributed by atoms with E-state index in [4.69, 9.17) is 28.7 Å². The summed E-state index contributed by atoms with van der Waals surface area (Å²) in [6.07, 6.45) is 3.59. The smallest absolute Gasteiger partial charge is 0.231 e. The van der Waals surface area contributed by atoms with Gasteiger partial charge < -0.3 is 29.0 Å². The summed E-state index contributed by atoms with van der Waals surface area (Å²) in [4.78, 5) is 16.0. The number of anilines is 3. The molecular weight excluding hydrogens is 476 g/mol. The van der Waals surface area contributed by atoms with Gasteiger partial charge in [-0.3, -0.25) is 10.1 Å². The Morgan fingerprint density at radius 3 is 2.81 bits per heavy atom. The van der Waals surface area contributed by atoms with Crippen LogP contribution < -0.4 is 15.0 Å². The highest BCUT2D eigenvalue weighted by Gasteiger charge is 2.32. The third-order valence-electron chi connectivity index (χ3n) is 5.86. The van der Waals surface area contributed by atoms with Crippen LogP contribution in [-0.2, 0) is 9.47 Å². The lowest BCUT2D eigenvalue weighted by molar-refractivity contribution is 0.0537. The molecule has 0 spiro atoms. The van der Waals surface area contributed by atoms with Crippen LogP contribution in [0.3, 0.4) is 0 Å². The zero-order valence-electron chi connectivity index (χ0n) is 20.9. The van der Waals surface area contributed by atoms with E-state index in [-0.39, 0.29) is 6.04 Å². The second kappa shape index (κ2) is 11.8. The van der Waals surface area contributed by atoms with Crippen LogP contribution in [0.25, 0.3) is 11.4 Å². The Morgan fingerprint density at radius 2 is 2.00 bits per heavy atom. The van der Waals surface area contributed by atoms with Gasteiger partial charge in [-0.2, -0.15) is 15.1 Å². The lowest BCUT2D eigenvalue weighted by atomic mass is 10.1. The minimum absolute atomic E-state index is 0.0573. The monoisotopic (exact) mass is 506 g/mol. The van der Waals surface area contributed by atoms with Crippen LogP contribution in [0.4, 0.5) is 17.6 Å². The fraction of sp³-hybridized carbons (Fsp3) is 0.400. The molecule has 5 rings (SSSR count). The Kier molecular flexibility index (Phi) is 7.87. The van der Waals surface area contributed by atoms with Gasteiger partial charge >= 0.3 is 0 Å². The van der Waals surface area contributed by atoms with Gasteiger partial charge in [0.25, 0.3) is 0 Å². The van der Waals surface area contributed by atoms with Crippen molar-refractivity contribution in [2.75, 3.05) is 50.3 Å². The maximum atomic E-state index is 5.92. The summed E-state index contributed by atoms with van der Waals surface area (Å²) in [5, 5.41) is 14.7. The molecule has 37 heavy (non-hydrogen) atoms. The normalized spacial score (nSPS) is 15.3. The predicted molar refractivity (Wildman–Crippen MR) is 136 cm³/mol. The van der Waals surface area contributed by atoms with Crippen LogP contribution in [0, 0.1) is 6.92 Å². The third-order valence-corrected chi connectivity index (χ3v) is 5.86. The number of methoxy groups -OCH3 is 1. The third kappa shape index (κ3) is 6.22. The average molecular weight is 507 g/mol. The van der Waals surface area contributed by atoms with Crippen molar-refractivity contribution in [1.29, 1.82) is 0 Å². The van der Waals surface area contributed by atoms with Gasteiger partial charge in [0.2, 0.25) is 11.8 Å². The largest absolute Gasteiger partial charge is 0.475 e. The lowest BCUT2D eigenvalue weighted by Crippen LogP contribution is -2.25. The summed E-state index contributed by atoms with van der Waals surface area (Å²) in [5.41, 5.74) is 2.41. The van der Waals surface area contributed by atoms with Crippen molar-refractivity contribution in [3.8, 4) is 17.3 Å². The number of hydrogen-bond donors (Lipinski definition) is 2. The molecule has 0 aromatic carbocycles. The molecule has 0 saturated carbocycles. The summed E-state index contributed by atoms with van der Waals surface area (Å²) < 4.78 is 22.2. The van der Waals surface area contributed by atoms with E-state index in [1.807, 2.05) is 37.3 Å². The zero-order valence-corrected chi connectivity index (χ0v) is 20.9. The summed E-state index contributed by atoms with van der Waals surface area (Å²) in [5.74, 6) is 2.95. The van der Waals surface area contributed by atoms with Gasteiger partial charge in [0.15, 0.2) is 11.6 Å². The highest BCUT2D eigenvalue weighted by Crippen LogP contribution is 2.37. The van der Waals surface area contributed by atoms with E-state index in [2.05, 4.69) is 30.6 Å². The van der Waals surface area contributed by atoms with Crippen molar-refractivity contribution < 1.29 is 18.7 Å². The van der Waals surface area contributed by atoms with Crippen molar-refractivity contribution in [1.82, 2.24) is 30.3 Å². The fourth-order valence-corrected chi connectivity index (χ4v) is 4.13. The Hall–Kier alpha value is -4.03. The van der Waals surface area contributed by atoms with Gasteiger partial charge in [-0.1, -0.05) is 11.2 Å². The van der Waals surface area contributed by atoms with Crippen LogP contribution in [0.15, 0.2) is 47.1 Å². The first kappa shape index (κ1) is 24.7. The highest BCUT2D eigenvalue weighted by molar-refractivity contribution is 5.57. The van der Waals surface area contributed by atoms with Gasteiger partial charge in [-0.25, -0.2) is 0 Å². The van der Waals surface area contributed by atoms with Gasteiger partial charge in [0.1, 0.15) is 18.1 Å². The van der Waals surface area contributed by atoms with Crippen molar-refractivity contribution in [2.45, 2.75) is 25.8 Å². The number of H-pyrrole nitrogens is 1. The molecule has 0 radical (unpaired) electrons. The molecule has 1 fully saturated rings. The number of aromatic amines is 1. The molecule has 0 aliphatic carbocycles. The summed E-state index contributed by atoms with van der Waals surface area (Å²) >= 11 is 0. The first-order valence-electron chi connectivity index (χ1n) is 12.2. The molecule has 4 aromatic heterocycles. The predicted octanol–water partition coefficient (Wildman–Crippen LogP) is 3.69. The van der Waals surface area contributed by atoms with E-state index < -0.39 is 0 Å². The van der Waals surface area contributed by atoms with Crippen LogP contribution in [0.1, 0.15) is 30.3 Å².